The topological polar surface area (TPSA) is 41.6 Å². The van der Waals surface area contributed by atoms with Gasteiger partial charge in [0.15, 0.2) is 0 Å². The fourth-order valence-corrected chi connectivity index (χ4v) is 2.02. The average Bonchev–Trinajstić information content (AvgIpc) is 2.24. The highest BCUT2D eigenvalue weighted by Crippen LogP contribution is 2.19. The van der Waals surface area contributed by atoms with Crippen LogP contribution < -0.4 is 5.32 Å². The van der Waals surface area contributed by atoms with Crippen molar-refractivity contribution in [2.45, 2.75) is 38.5 Å². The summed E-state index contributed by atoms with van der Waals surface area (Å²) in [6.07, 6.45) is -5.86. The van der Waals surface area contributed by atoms with E-state index in [1.165, 1.54) is 0 Å². The van der Waals surface area contributed by atoms with Crippen LogP contribution in [0.3, 0.4) is 0 Å². The molecular formula is C11H19F3N2O2. The first kappa shape index (κ1) is 15.2. The summed E-state index contributed by atoms with van der Waals surface area (Å²) < 4.78 is 41.2. The molecule has 0 spiro atoms. The molecule has 1 N–H and O–H groups in total. The molecular weight excluding hydrogens is 249 g/mol. The minimum atomic E-state index is -4.44. The monoisotopic (exact) mass is 268 g/mol. The van der Waals surface area contributed by atoms with Gasteiger partial charge in [-0.25, -0.2) is 0 Å². The maximum Gasteiger partial charge on any atom is 0.397 e. The number of alkyl halides is 3. The molecule has 0 radical (unpaired) electrons. The highest BCUT2D eigenvalue weighted by atomic mass is 19.4. The van der Waals surface area contributed by atoms with Gasteiger partial charge in [-0.05, 0) is 13.8 Å². The van der Waals surface area contributed by atoms with Crippen molar-refractivity contribution in [3.8, 4) is 0 Å². The maximum atomic E-state index is 12.0. The average molecular weight is 268 g/mol. The zero-order valence-corrected chi connectivity index (χ0v) is 10.6. The third-order valence-electron chi connectivity index (χ3n) is 2.94. The molecule has 0 aromatic carbocycles. The molecule has 0 aliphatic carbocycles. The van der Waals surface area contributed by atoms with Gasteiger partial charge in [-0.2, -0.15) is 13.2 Å². The van der Waals surface area contributed by atoms with E-state index in [9.17, 15) is 18.0 Å². The Bertz CT molecular complexity index is 284. The maximum absolute atomic E-state index is 12.0. The number of carbonyl (C=O) groups excluding carboxylic acids is 1. The first-order valence-corrected chi connectivity index (χ1v) is 5.96. The van der Waals surface area contributed by atoms with E-state index in [0.29, 0.717) is 13.2 Å². The molecule has 1 fully saturated rings. The summed E-state index contributed by atoms with van der Waals surface area (Å²) in [5, 5.41) is 2.32. The Hall–Kier alpha value is -0.820. The number of hydrogen-bond acceptors (Lipinski definition) is 3. The Morgan fingerprint density at radius 2 is 2.22 bits per heavy atom. The Labute approximate surface area is 104 Å². The zero-order chi connectivity index (χ0) is 13.8. The predicted molar refractivity (Wildman–Crippen MR) is 60.1 cm³/mol. The first-order valence-electron chi connectivity index (χ1n) is 5.96. The molecule has 1 heterocycles. The third kappa shape index (κ3) is 5.22. The van der Waals surface area contributed by atoms with Crippen molar-refractivity contribution in [3.63, 3.8) is 0 Å². The standard InChI is InChI=1S/C11H19F3N2O2/c1-8(16-3-4-18-7-9(16)2)6-15-10(17)5-11(12,13)14/h8-9H,3-7H2,1-2H3,(H,15,17). The predicted octanol–water partition coefficient (Wildman–Crippen LogP) is 1.16. The molecule has 0 aromatic heterocycles. The van der Waals surface area contributed by atoms with E-state index < -0.39 is 18.5 Å². The van der Waals surface area contributed by atoms with E-state index >= 15 is 0 Å². The second kappa shape index (κ2) is 6.38. The lowest BCUT2D eigenvalue weighted by Gasteiger charge is -2.37. The van der Waals surface area contributed by atoms with Gasteiger partial charge in [-0.15, -0.1) is 0 Å². The number of hydrogen-bond donors (Lipinski definition) is 1. The van der Waals surface area contributed by atoms with Gasteiger partial charge in [0, 0.05) is 25.2 Å². The molecule has 18 heavy (non-hydrogen) atoms. The summed E-state index contributed by atoms with van der Waals surface area (Å²) in [4.78, 5) is 13.2. The van der Waals surface area contributed by atoms with Crippen LogP contribution in [0, 0.1) is 0 Å². The van der Waals surface area contributed by atoms with Crippen molar-refractivity contribution in [1.29, 1.82) is 0 Å². The van der Waals surface area contributed by atoms with E-state index in [1.54, 1.807) is 0 Å². The Kier molecular flexibility index (Phi) is 5.40. The lowest BCUT2D eigenvalue weighted by atomic mass is 10.2. The molecule has 106 valence electrons. The molecule has 2 unspecified atom stereocenters. The van der Waals surface area contributed by atoms with Crippen molar-refractivity contribution >= 4 is 5.91 Å². The second-order valence-corrected chi connectivity index (χ2v) is 4.61. The minimum absolute atomic E-state index is 0.00100. The normalized spacial score (nSPS) is 23.7. The van der Waals surface area contributed by atoms with Crippen LogP contribution in [0.15, 0.2) is 0 Å². The molecule has 4 nitrogen and oxygen atoms in total. The number of nitrogens with zero attached hydrogens (tertiary/aromatic N) is 1. The van der Waals surface area contributed by atoms with Gasteiger partial charge < -0.3 is 10.1 Å². The van der Waals surface area contributed by atoms with E-state index in [0.717, 1.165) is 6.54 Å². The van der Waals surface area contributed by atoms with Crippen LogP contribution in [0.1, 0.15) is 20.3 Å². The summed E-state index contributed by atoms with van der Waals surface area (Å²) in [7, 11) is 0. The van der Waals surface area contributed by atoms with Crippen LogP contribution in [0.25, 0.3) is 0 Å². The smallest absolute Gasteiger partial charge is 0.379 e. The SMILES string of the molecule is CC(CNC(=O)CC(F)(F)F)N1CCOCC1C. The third-order valence-corrected chi connectivity index (χ3v) is 2.94. The van der Waals surface area contributed by atoms with Gasteiger partial charge in [0.25, 0.3) is 0 Å². The molecule has 7 heteroatoms. The molecule has 1 saturated heterocycles. The summed E-state index contributed by atoms with van der Waals surface area (Å²) in [6, 6.07) is 0.217. The van der Waals surface area contributed by atoms with E-state index in [2.05, 4.69) is 10.2 Å². The van der Waals surface area contributed by atoms with Gasteiger partial charge in [0.05, 0.1) is 13.2 Å². The van der Waals surface area contributed by atoms with Gasteiger partial charge in [0.2, 0.25) is 5.91 Å². The molecule has 0 saturated carbocycles. The number of morpholine rings is 1. The van der Waals surface area contributed by atoms with Crippen LogP contribution >= 0.6 is 0 Å². The molecule has 1 aliphatic heterocycles. The molecule has 2 atom stereocenters. The second-order valence-electron chi connectivity index (χ2n) is 4.61. The summed E-state index contributed by atoms with van der Waals surface area (Å²) >= 11 is 0. The fourth-order valence-electron chi connectivity index (χ4n) is 2.02. The van der Waals surface area contributed by atoms with Crippen LogP contribution in [0.4, 0.5) is 13.2 Å². The van der Waals surface area contributed by atoms with Crippen molar-refractivity contribution in [1.82, 2.24) is 10.2 Å². The van der Waals surface area contributed by atoms with Crippen LogP contribution in [-0.2, 0) is 9.53 Å². The number of amides is 1. The van der Waals surface area contributed by atoms with Gasteiger partial charge in [0.1, 0.15) is 6.42 Å². The molecule has 1 rings (SSSR count). The highest BCUT2D eigenvalue weighted by molar-refractivity contribution is 5.76. The van der Waals surface area contributed by atoms with Crippen LogP contribution in [-0.4, -0.2) is 55.4 Å². The minimum Gasteiger partial charge on any atom is -0.379 e. The summed E-state index contributed by atoms with van der Waals surface area (Å²) in [5.41, 5.74) is 0. The van der Waals surface area contributed by atoms with Gasteiger partial charge in [-0.3, -0.25) is 9.69 Å². The number of carbonyl (C=O) groups is 1. The lowest BCUT2D eigenvalue weighted by Crippen LogP contribution is -2.52. The van der Waals surface area contributed by atoms with Crippen molar-refractivity contribution in [2.24, 2.45) is 0 Å². The van der Waals surface area contributed by atoms with Crippen LogP contribution in [0.5, 0.6) is 0 Å². The van der Waals surface area contributed by atoms with Gasteiger partial charge >= 0.3 is 6.18 Å². The number of halogens is 3. The number of ether oxygens (including phenoxy) is 1. The molecule has 0 aromatic rings. The zero-order valence-electron chi connectivity index (χ0n) is 10.6. The van der Waals surface area contributed by atoms with E-state index in [1.807, 2.05) is 13.8 Å². The Morgan fingerprint density at radius 3 is 2.78 bits per heavy atom. The summed E-state index contributed by atoms with van der Waals surface area (Å²) in [6.45, 7) is 6.06. The van der Waals surface area contributed by atoms with Gasteiger partial charge in [-0.1, -0.05) is 0 Å². The van der Waals surface area contributed by atoms with Crippen molar-refractivity contribution in [3.05, 3.63) is 0 Å². The Balaban J connectivity index is 2.31. The number of rotatable bonds is 4. The van der Waals surface area contributed by atoms with Crippen molar-refractivity contribution < 1.29 is 22.7 Å². The largest absolute Gasteiger partial charge is 0.397 e. The van der Waals surface area contributed by atoms with Crippen LogP contribution in [0.2, 0.25) is 0 Å². The quantitative estimate of drug-likeness (QED) is 0.832. The lowest BCUT2D eigenvalue weighted by molar-refractivity contribution is -0.154. The van der Waals surface area contributed by atoms with E-state index in [4.69, 9.17) is 4.74 Å². The molecule has 0 bridgehead atoms. The molecule has 1 amide bonds. The number of nitrogens with one attached hydrogen (secondary N) is 1. The first-order chi connectivity index (χ1) is 8.29. The van der Waals surface area contributed by atoms with E-state index in [-0.39, 0.29) is 18.6 Å². The van der Waals surface area contributed by atoms with Crippen molar-refractivity contribution in [2.75, 3.05) is 26.3 Å². The Morgan fingerprint density at radius 1 is 1.56 bits per heavy atom. The summed E-state index contributed by atoms with van der Waals surface area (Å²) in [5.74, 6) is -0.977. The fraction of sp³-hybridized carbons (Fsp3) is 0.909. The molecule has 1 aliphatic rings. The highest BCUT2D eigenvalue weighted by Gasteiger charge is 2.31.